The molecule has 3 N–H and O–H groups in total. The third-order valence-corrected chi connectivity index (χ3v) is 5.38. The van der Waals surface area contributed by atoms with Crippen LogP contribution in [-0.4, -0.2) is 45.8 Å². The Bertz CT molecular complexity index is 609. The number of thioether (sulfide) groups is 1. The van der Waals surface area contributed by atoms with Crippen LogP contribution in [0, 0.1) is 0 Å². The fourth-order valence-corrected chi connectivity index (χ4v) is 3.97. The zero-order chi connectivity index (χ0) is 17.9. The van der Waals surface area contributed by atoms with Gasteiger partial charge in [-0.05, 0) is 45.0 Å². The summed E-state index contributed by atoms with van der Waals surface area (Å²) in [6.45, 7) is 5.73. The first-order valence-corrected chi connectivity index (χ1v) is 8.81. The molecule has 1 fully saturated rings. The molecule has 3 atom stereocenters. The highest BCUT2D eigenvalue weighted by molar-refractivity contribution is 8.01. The van der Waals surface area contributed by atoms with E-state index in [9.17, 15) is 14.7 Å². The van der Waals surface area contributed by atoms with E-state index in [0.29, 0.717) is 17.3 Å². The number of carboxylic acids is 1. The first-order chi connectivity index (χ1) is 11.2. The highest BCUT2D eigenvalue weighted by Crippen LogP contribution is 2.37. The number of rotatable bonds is 6. The van der Waals surface area contributed by atoms with Crippen molar-refractivity contribution in [2.24, 2.45) is 0 Å². The lowest BCUT2D eigenvalue weighted by atomic mass is 10.0. The molecule has 0 spiro atoms. The molecule has 1 aliphatic rings. The van der Waals surface area contributed by atoms with E-state index < -0.39 is 22.9 Å². The molecule has 0 aromatic heterocycles. The van der Waals surface area contributed by atoms with Crippen molar-refractivity contribution in [2.45, 2.75) is 43.0 Å². The summed E-state index contributed by atoms with van der Waals surface area (Å²) in [4.78, 5) is 23.4. The van der Waals surface area contributed by atoms with E-state index in [1.54, 1.807) is 31.2 Å². The molecular formula is C16H21ClN2O4S. The van der Waals surface area contributed by atoms with Gasteiger partial charge in [-0.1, -0.05) is 11.6 Å². The second kappa shape index (κ2) is 7.63. The normalized spacial score (nSPS) is 23.5. The van der Waals surface area contributed by atoms with E-state index in [4.69, 9.17) is 16.3 Å². The van der Waals surface area contributed by atoms with Crippen molar-refractivity contribution < 1.29 is 19.4 Å². The molecule has 1 aliphatic heterocycles. The van der Waals surface area contributed by atoms with E-state index >= 15 is 0 Å². The quantitative estimate of drug-likeness (QED) is 0.709. The van der Waals surface area contributed by atoms with Gasteiger partial charge in [-0.15, -0.1) is 11.8 Å². The molecule has 6 nitrogen and oxygen atoms in total. The fourth-order valence-electron chi connectivity index (χ4n) is 2.43. The van der Waals surface area contributed by atoms with Crippen LogP contribution in [0.3, 0.4) is 0 Å². The van der Waals surface area contributed by atoms with Gasteiger partial charge in [0.15, 0.2) is 6.10 Å². The lowest BCUT2D eigenvalue weighted by molar-refractivity contribution is -0.139. The van der Waals surface area contributed by atoms with Crippen LogP contribution in [0.5, 0.6) is 5.75 Å². The zero-order valence-electron chi connectivity index (χ0n) is 13.7. The van der Waals surface area contributed by atoms with Crippen molar-refractivity contribution in [1.29, 1.82) is 0 Å². The largest absolute Gasteiger partial charge is 0.481 e. The standard InChI is InChI=1S/C16H21ClN2O4S/c1-9(23-11-6-4-10(17)5-7-11)14(20)18-8-12-19-13(15(21)22)16(2,3)24-12/h4-7,9,12-13,19H,8H2,1-3H3,(H,18,20)(H,21,22). The molecule has 132 valence electrons. The fraction of sp³-hybridized carbons (Fsp3) is 0.500. The molecule has 1 amide bonds. The average molecular weight is 373 g/mol. The zero-order valence-corrected chi connectivity index (χ0v) is 15.3. The van der Waals surface area contributed by atoms with Gasteiger partial charge in [0.25, 0.3) is 5.91 Å². The highest BCUT2D eigenvalue weighted by atomic mass is 35.5. The lowest BCUT2D eigenvalue weighted by Crippen LogP contribution is -2.47. The molecular weight excluding hydrogens is 352 g/mol. The van der Waals surface area contributed by atoms with Crippen molar-refractivity contribution in [1.82, 2.24) is 10.6 Å². The van der Waals surface area contributed by atoms with Crippen LogP contribution in [0.1, 0.15) is 20.8 Å². The van der Waals surface area contributed by atoms with E-state index in [1.165, 1.54) is 11.8 Å². The van der Waals surface area contributed by atoms with Crippen LogP contribution < -0.4 is 15.4 Å². The summed E-state index contributed by atoms with van der Waals surface area (Å²) in [6, 6.07) is 6.12. The molecule has 1 saturated heterocycles. The van der Waals surface area contributed by atoms with Gasteiger partial charge >= 0.3 is 5.97 Å². The molecule has 0 saturated carbocycles. The minimum atomic E-state index is -0.888. The Balaban J connectivity index is 1.82. The Kier molecular flexibility index (Phi) is 6.01. The maximum absolute atomic E-state index is 12.1. The molecule has 1 aromatic rings. The predicted octanol–water partition coefficient (Wildman–Crippen LogP) is 2.12. The number of aliphatic carboxylic acids is 1. The van der Waals surface area contributed by atoms with Gasteiger partial charge in [-0.2, -0.15) is 0 Å². The number of amides is 1. The van der Waals surface area contributed by atoms with E-state index in [0.717, 1.165) is 0 Å². The highest BCUT2D eigenvalue weighted by Gasteiger charge is 2.45. The van der Waals surface area contributed by atoms with Crippen LogP contribution in [0.25, 0.3) is 0 Å². The van der Waals surface area contributed by atoms with E-state index in [2.05, 4.69) is 10.6 Å². The Morgan fingerprint density at radius 2 is 2.04 bits per heavy atom. The molecule has 8 heteroatoms. The van der Waals surface area contributed by atoms with Crippen LogP contribution >= 0.6 is 23.4 Å². The monoisotopic (exact) mass is 372 g/mol. The molecule has 2 rings (SSSR count). The summed E-state index contributed by atoms with van der Waals surface area (Å²) in [5, 5.41) is 15.5. The third kappa shape index (κ3) is 4.78. The lowest BCUT2D eigenvalue weighted by Gasteiger charge is -2.20. The molecule has 0 bridgehead atoms. The van der Waals surface area contributed by atoms with Gasteiger partial charge in [0.05, 0.1) is 5.37 Å². The molecule has 1 heterocycles. The smallest absolute Gasteiger partial charge is 0.322 e. The van der Waals surface area contributed by atoms with Gasteiger partial charge in [-0.3, -0.25) is 14.9 Å². The second-order valence-corrected chi connectivity index (χ2v) is 8.40. The first kappa shape index (κ1) is 18.9. The van der Waals surface area contributed by atoms with Crippen molar-refractivity contribution in [2.75, 3.05) is 6.54 Å². The summed E-state index contributed by atoms with van der Waals surface area (Å²) in [5.41, 5.74) is 0. The summed E-state index contributed by atoms with van der Waals surface area (Å²) in [7, 11) is 0. The summed E-state index contributed by atoms with van der Waals surface area (Å²) in [5.74, 6) is -0.591. The number of hydrogen-bond donors (Lipinski definition) is 3. The Labute approximate surface area is 150 Å². The maximum Gasteiger partial charge on any atom is 0.322 e. The SMILES string of the molecule is CC(Oc1ccc(Cl)cc1)C(=O)NCC1NC(C(=O)O)C(C)(C)S1. The van der Waals surface area contributed by atoms with Crippen molar-refractivity contribution in [3.8, 4) is 5.75 Å². The molecule has 0 aliphatic carbocycles. The number of carbonyl (C=O) groups is 2. The van der Waals surface area contributed by atoms with Gasteiger partial charge in [0.1, 0.15) is 11.8 Å². The average Bonchev–Trinajstić information content (AvgIpc) is 2.82. The van der Waals surface area contributed by atoms with Gasteiger partial charge in [0.2, 0.25) is 0 Å². The number of halogens is 1. The number of nitrogens with one attached hydrogen (secondary N) is 2. The van der Waals surface area contributed by atoms with Crippen LogP contribution in [-0.2, 0) is 9.59 Å². The minimum Gasteiger partial charge on any atom is -0.481 e. The van der Waals surface area contributed by atoms with Crippen LogP contribution in [0.2, 0.25) is 5.02 Å². The van der Waals surface area contributed by atoms with Crippen molar-refractivity contribution in [3.05, 3.63) is 29.3 Å². The number of hydrogen-bond acceptors (Lipinski definition) is 5. The molecule has 3 unspecified atom stereocenters. The summed E-state index contributed by atoms with van der Waals surface area (Å²) >= 11 is 7.31. The summed E-state index contributed by atoms with van der Waals surface area (Å²) in [6.07, 6.45) is -0.666. The molecule has 0 radical (unpaired) electrons. The predicted molar refractivity (Wildman–Crippen MR) is 94.6 cm³/mol. The maximum atomic E-state index is 12.1. The first-order valence-electron chi connectivity index (χ1n) is 7.55. The van der Waals surface area contributed by atoms with Gasteiger partial charge < -0.3 is 15.2 Å². The Morgan fingerprint density at radius 3 is 2.58 bits per heavy atom. The summed E-state index contributed by atoms with van der Waals surface area (Å²) < 4.78 is 5.12. The van der Waals surface area contributed by atoms with E-state index in [-0.39, 0.29) is 11.3 Å². The molecule has 24 heavy (non-hydrogen) atoms. The Morgan fingerprint density at radius 1 is 1.42 bits per heavy atom. The van der Waals surface area contributed by atoms with Gasteiger partial charge in [-0.25, -0.2) is 0 Å². The van der Waals surface area contributed by atoms with E-state index in [1.807, 2.05) is 13.8 Å². The topological polar surface area (TPSA) is 87.7 Å². The molecule has 1 aromatic carbocycles. The number of benzene rings is 1. The number of ether oxygens (including phenoxy) is 1. The number of carbonyl (C=O) groups excluding carboxylic acids is 1. The minimum absolute atomic E-state index is 0.159. The number of carboxylic acid groups (broad SMARTS) is 1. The van der Waals surface area contributed by atoms with Gasteiger partial charge in [0, 0.05) is 16.3 Å². The Hall–Kier alpha value is -1.44. The van der Waals surface area contributed by atoms with Crippen molar-refractivity contribution >= 4 is 35.2 Å². The second-order valence-electron chi connectivity index (χ2n) is 6.11. The van der Waals surface area contributed by atoms with Crippen LogP contribution in [0.15, 0.2) is 24.3 Å². The van der Waals surface area contributed by atoms with Crippen LogP contribution in [0.4, 0.5) is 0 Å². The van der Waals surface area contributed by atoms with Crippen molar-refractivity contribution in [3.63, 3.8) is 0 Å². The third-order valence-electron chi connectivity index (χ3n) is 3.70.